The number of aromatic nitrogens is 2. The average Bonchev–Trinajstić information content (AvgIpc) is 2.32. The molecule has 1 N–H and O–H groups in total. The lowest BCUT2D eigenvalue weighted by Crippen LogP contribution is -2.12. The molecule has 0 saturated heterocycles. The van der Waals surface area contributed by atoms with Gasteiger partial charge in [0.2, 0.25) is 0 Å². The van der Waals surface area contributed by atoms with Crippen LogP contribution in [-0.2, 0) is 0 Å². The fourth-order valence-corrected chi connectivity index (χ4v) is 1.30. The lowest BCUT2D eigenvalue weighted by Gasteiger charge is -2.04. The molecule has 2 heterocycles. The van der Waals surface area contributed by atoms with Gasteiger partial charge in [-0.15, -0.1) is 0 Å². The van der Waals surface area contributed by atoms with Crippen molar-refractivity contribution in [3.05, 3.63) is 53.3 Å². The maximum absolute atomic E-state index is 12.8. The van der Waals surface area contributed by atoms with Crippen molar-refractivity contribution in [3.63, 3.8) is 0 Å². The van der Waals surface area contributed by atoms with E-state index in [1.807, 2.05) is 0 Å². The molecule has 0 saturated carbocycles. The second-order valence-electron chi connectivity index (χ2n) is 3.22. The SMILES string of the molecule is O=C(Nc1ccc(Cl)nc1)c1cncc(F)c1. The summed E-state index contributed by atoms with van der Waals surface area (Å²) in [6.45, 7) is 0. The smallest absolute Gasteiger partial charge is 0.257 e. The monoisotopic (exact) mass is 251 g/mol. The highest BCUT2D eigenvalue weighted by molar-refractivity contribution is 6.29. The van der Waals surface area contributed by atoms with Crippen molar-refractivity contribution in [2.45, 2.75) is 0 Å². The normalized spacial score (nSPS) is 10.0. The molecule has 2 aromatic heterocycles. The third-order valence-corrected chi connectivity index (χ3v) is 2.18. The van der Waals surface area contributed by atoms with Crippen molar-refractivity contribution < 1.29 is 9.18 Å². The van der Waals surface area contributed by atoms with Gasteiger partial charge in [-0.1, -0.05) is 11.6 Å². The first kappa shape index (κ1) is 11.5. The van der Waals surface area contributed by atoms with Crippen molar-refractivity contribution >= 4 is 23.2 Å². The number of halogens is 2. The molecule has 2 rings (SSSR count). The third-order valence-electron chi connectivity index (χ3n) is 1.95. The van der Waals surface area contributed by atoms with Crippen LogP contribution >= 0.6 is 11.6 Å². The van der Waals surface area contributed by atoms with Crippen LogP contribution < -0.4 is 5.32 Å². The molecule has 0 aliphatic carbocycles. The molecule has 1 amide bonds. The minimum Gasteiger partial charge on any atom is -0.321 e. The van der Waals surface area contributed by atoms with Crippen LogP contribution in [0, 0.1) is 5.82 Å². The summed E-state index contributed by atoms with van der Waals surface area (Å²) in [4.78, 5) is 19.1. The molecule has 0 aliphatic rings. The fraction of sp³-hybridized carbons (Fsp3) is 0. The van der Waals surface area contributed by atoms with Gasteiger partial charge in [-0.2, -0.15) is 0 Å². The summed E-state index contributed by atoms with van der Waals surface area (Å²) in [6, 6.07) is 4.24. The molecule has 6 heteroatoms. The minimum atomic E-state index is -0.563. The molecule has 0 fully saturated rings. The van der Waals surface area contributed by atoms with Gasteiger partial charge < -0.3 is 5.32 Å². The zero-order valence-electron chi connectivity index (χ0n) is 8.52. The van der Waals surface area contributed by atoms with Crippen molar-refractivity contribution in [3.8, 4) is 0 Å². The van der Waals surface area contributed by atoms with Gasteiger partial charge in [-0.05, 0) is 18.2 Å². The van der Waals surface area contributed by atoms with Crippen molar-refractivity contribution in [1.82, 2.24) is 9.97 Å². The van der Waals surface area contributed by atoms with E-state index in [9.17, 15) is 9.18 Å². The summed E-state index contributed by atoms with van der Waals surface area (Å²) in [5.41, 5.74) is 0.614. The van der Waals surface area contributed by atoms with Gasteiger partial charge in [0, 0.05) is 6.20 Å². The average molecular weight is 252 g/mol. The van der Waals surface area contributed by atoms with Crippen LogP contribution in [0.4, 0.5) is 10.1 Å². The Morgan fingerprint density at radius 3 is 2.76 bits per heavy atom. The van der Waals surface area contributed by atoms with E-state index < -0.39 is 11.7 Å². The number of carbonyl (C=O) groups excluding carboxylic acids is 1. The number of anilines is 1. The number of nitrogens with one attached hydrogen (secondary N) is 1. The summed E-state index contributed by atoms with van der Waals surface area (Å²) < 4.78 is 12.8. The Labute approximate surface area is 101 Å². The zero-order valence-corrected chi connectivity index (χ0v) is 9.28. The number of pyridine rings is 2. The summed E-state index contributed by atoms with van der Waals surface area (Å²) >= 11 is 5.60. The van der Waals surface area contributed by atoms with Gasteiger partial charge >= 0.3 is 0 Å². The highest BCUT2D eigenvalue weighted by atomic mass is 35.5. The maximum Gasteiger partial charge on any atom is 0.257 e. The van der Waals surface area contributed by atoms with Crippen LogP contribution in [0.5, 0.6) is 0 Å². The molecule has 86 valence electrons. The van der Waals surface area contributed by atoms with Gasteiger partial charge in [0.15, 0.2) is 0 Å². The Bertz CT molecular complexity index is 545. The Morgan fingerprint density at radius 1 is 1.29 bits per heavy atom. The first-order valence-corrected chi connectivity index (χ1v) is 5.06. The molecule has 4 nitrogen and oxygen atoms in total. The Balaban J connectivity index is 2.14. The molecule has 2 aromatic rings. The van der Waals surface area contributed by atoms with Gasteiger partial charge in [0.05, 0.1) is 23.6 Å². The highest BCUT2D eigenvalue weighted by Gasteiger charge is 2.07. The van der Waals surface area contributed by atoms with Gasteiger partial charge in [0.1, 0.15) is 11.0 Å². The van der Waals surface area contributed by atoms with Gasteiger partial charge in [-0.25, -0.2) is 9.37 Å². The summed E-state index contributed by atoms with van der Waals surface area (Å²) in [5, 5.41) is 2.87. The zero-order chi connectivity index (χ0) is 12.3. The van der Waals surface area contributed by atoms with Crippen LogP contribution in [0.25, 0.3) is 0 Å². The Morgan fingerprint density at radius 2 is 2.12 bits per heavy atom. The van der Waals surface area contributed by atoms with Crippen LogP contribution in [0.15, 0.2) is 36.8 Å². The standard InChI is InChI=1S/C11H7ClFN3O/c12-10-2-1-9(6-15-10)16-11(17)7-3-8(13)5-14-4-7/h1-6H,(H,16,17). The molecule has 0 unspecified atom stereocenters. The number of hydrogen-bond donors (Lipinski definition) is 1. The van der Waals surface area contributed by atoms with E-state index in [-0.39, 0.29) is 5.56 Å². The summed E-state index contributed by atoms with van der Waals surface area (Å²) in [7, 11) is 0. The number of rotatable bonds is 2. The molecule has 0 radical (unpaired) electrons. The number of amides is 1. The van der Waals surface area contributed by atoms with Crippen LogP contribution in [0.1, 0.15) is 10.4 Å². The second-order valence-corrected chi connectivity index (χ2v) is 3.60. The molecule has 0 aromatic carbocycles. The molecule has 0 bridgehead atoms. The van der Waals surface area contributed by atoms with Crippen LogP contribution in [-0.4, -0.2) is 15.9 Å². The van der Waals surface area contributed by atoms with Gasteiger partial charge in [0.25, 0.3) is 5.91 Å². The van der Waals surface area contributed by atoms with Crippen LogP contribution in [0.2, 0.25) is 5.15 Å². The molecule has 0 aliphatic heterocycles. The Kier molecular flexibility index (Phi) is 3.30. The fourth-order valence-electron chi connectivity index (χ4n) is 1.19. The number of carbonyl (C=O) groups is 1. The molecular weight excluding hydrogens is 245 g/mol. The second kappa shape index (κ2) is 4.88. The first-order chi connectivity index (χ1) is 8.15. The van der Waals surface area contributed by atoms with E-state index in [2.05, 4.69) is 15.3 Å². The number of hydrogen-bond acceptors (Lipinski definition) is 3. The molecule has 0 atom stereocenters. The number of nitrogens with zero attached hydrogens (tertiary/aromatic N) is 2. The lowest BCUT2D eigenvalue weighted by atomic mass is 10.2. The topological polar surface area (TPSA) is 54.9 Å². The molecule has 0 spiro atoms. The van der Waals surface area contributed by atoms with E-state index in [1.54, 1.807) is 12.1 Å². The summed E-state index contributed by atoms with van der Waals surface area (Å²) in [5.74, 6) is -1.02. The third kappa shape index (κ3) is 2.98. The lowest BCUT2D eigenvalue weighted by molar-refractivity contribution is 0.102. The predicted octanol–water partition coefficient (Wildman–Crippen LogP) is 2.52. The van der Waals surface area contributed by atoms with E-state index in [1.165, 1.54) is 12.4 Å². The van der Waals surface area contributed by atoms with E-state index in [0.717, 1.165) is 12.3 Å². The van der Waals surface area contributed by atoms with Crippen molar-refractivity contribution in [2.75, 3.05) is 5.32 Å². The van der Waals surface area contributed by atoms with Crippen molar-refractivity contribution in [2.24, 2.45) is 0 Å². The quantitative estimate of drug-likeness (QED) is 0.835. The van der Waals surface area contributed by atoms with E-state index in [4.69, 9.17) is 11.6 Å². The molecular formula is C11H7ClFN3O. The summed E-state index contributed by atoms with van der Waals surface area (Å²) in [6.07, 6.45) is 3.72. The largest absolute Gasteiger partial charge is 0.321 e. The first-order valence-electron chi connectivity index (χ1n) is 4.68. The predicted molar refractivity (Wildman–Crippen MR) is 61.4 cm³/mol. The molecule has 17 heavy (non-hydrogen) atoms. The van der Waals surface area contributed by atoms with E-state index >= 15 is 0 Å². The minimum absolute atomic E-state index is 0.139. The van der Waals surface area contributed by atoms with Crippen LogP contribution in [0.3, 0.4) is 0 Å². The Hall–Kier alpha value is -2.01. The van der Waals surface area contributed by atoms with Crippen molar-refractivity contribution in [1.29, 1.82) is 0 Å². The highest BCUT2D eigenvalue weighted by Crippen LogP contribution is 2.11. The maximum atomic E-state index is 12.8. The van der Waals surface area contributed by atoms with Gasteiger partial charge in [-0.3, -0.25) is 9.78 Å². The van der Waals surface area contributed by atoms with E-state index in [0.29, 0.717) is 10.8 Å².